The maximum absolute atomic E-state index is 13.4. The summed E-state index contributed by atoms with van der Waals surface area (Å²) in [5.41, 5.74) is 2.62. The van der Waals surface area contributed by atoms with E-state index in [0.717, 1.165) is 31.9 Å². The average molecular weight is 412 g/mol. The van der Waals surface area contributed by atoms with Gasteiger partial charge in [-0.2, -0.15) is 0 Å². The molecule has 1 aromatic carbocycles. The van der Waals surface area contributed by atoms with Crippen molar-refractivity contribution >= 4 is 23.4 Å². The molecule has 3 amide bonds. The van der Waals surface area contributed by atoms with Crippen LogP contribution in [0.5, 0.6) is 0 Å². The molecule has 8 heteroatoms. The molecule has 0 bridgehead atoms. The van der Waals surface area contributed by atoms with Crippen molar-refractivity contribution in [2.45, 2.75) is 51.1 Å². The van der Waals surface area contributed by atoms with Gasteiger partial charge in [0.05, 0.1) is 5.56 Å². The number of hydroxylamine groups is 3. The number of nitrogens with zero attached hydrogens (tertiary/aromatic N) is 2. The fraction of sp³-hybridized carbons (Fsp3) is 0.591. The van der Waals surface area contributed by atoms with Gasteiger partial charge in [-0.1, -0.05) is 0 Å². The van der Waals surface area contributed by atoms with Crippen LogP contribution in [0.1, 0.15) is 54.4 Å². The lowest BCUT2D eigenvalue weighted by molar-refractivity contribution is -0.825. The van der Waals surface area contributed by atoms with Crippen LogP contribution in [0.2, 0.25) is 0 Å². The van der Waals surface area contributed by atoms with Crippen molar-refractivity contribution in [2.24, 2.45) is 5.41 Å². The highest BCUT2D eigenvalue weighted by molar-refractivity contribution is 6.02. The maximum Gasteiger partial charge on any atom is 0.347 e. The highest BCUT2D eigenvalue weighted by Crippen LogP contribution is 2.42. The van der Waals surface area contributed by atoms with Gasteiger partial charge in [0, 0.05) is 37.2 Å². The number of benzene rings is 1. The van der Waals surface area contributed by atoms with E-state index in [9.17, 15) is 19.6 Å². The van der Waals surface area contributed by atoms with Crippen LogP contribution < -0.4 is 15.5 Å². The van der Waals surface area contributed by atoms with Crippen molar-refractivity contribution in [1.29, 1.82) is 0 Å². The van der Waals surface area contributed by atoms with Gasteiger partial charge < -0.3 is 15.4 Å². The lowest BCUT2D eigenvalue weighted by atomic mass is 9.71. The van der Waals surface area contributed by atoms with Gasteiger partial charge in [0.2, 0.25) is 5.91 Å². The Kier molecular flexibility index (Phi) is 4.68. The predicted molar refractivity (Wildman–Crippen MR) is 110 cm³/mol. The first-order chi connectivity index (χ1) is 14.4. The largest absolute Gasteiger partial charge is 0.624 e. The van der Waals surface area contributed by atoms with E-state index in [0.29, 0.717) is 16.5 Å². The van der Waals surface area contributed by atoms with Gasteiger partial charge in [-0.3, -0.25) is 19.6 Å². The number of piperidine rings is 3. The van der Waals surface area contributed by atoms with Crippen molar-refractivity contribution < 1.29 is 19.0 Å². The molecule has 4 aliphatic rings. The molecule has 2 unspecified atom stereocenters. The molecule has 2 atom stereocenters. The van der Waals surface area contributed by atoms with E-state index < -0.39 is 22.5 Å². The third-order valence-electron chi connectivity index (χ3n) is 7.64. The Morgan fingerprint density at radius 2 is 1.80 bits per heavy atom. The molecule has 30 heavy (non-hydrogen) atoms. The Bertz CT molecular complexity index is 900. The molecular formula is C22H28N4O4. The van der Waals surface area contributed by atoms with Gasteiger partial charge in [-0.15, -0.1) is 0 Å². The number of hydrogen-bond donors (Lipinski definition) is 2. The van der Waals surface area contributed by atoms with Crippen LogP contribution in [0, 0.1) is 10.6 Å². The highest BCUT2D eigenvalue weighted by Gasteiger charge is 2.49. The van der Waals surface area contributed by atoms with E-state index in [1.807, 2.05) is 12.1 Å². The zero-order chi connectivity index (χ0) is 20.9. The van der Waals surface area contributed by atoms with Crippen LogP contribution in [0.25, 0.3) is 0 Å². The van der Waals surface area contributed by atoms with Crippen LogP contribution in [0.15, 0.2) is 18.2 Å². The Morgan fingerprint density at radius 1 is 1.07 bits per heavy atom. The first kappa shape index (κ1) is 19.7. The number of amides is 3. The van der Waals surface area contributed by atoms with Crippen LogP contribution in [-0.2, 0) is 16.1 Å². The monoisotopic (exact) mass is 412 g/mol. The number of hydrogen-bond acceptors (Lipinski definition) is 6. The quantitative estimate of drug-likeness (QED) is 0.433. The SMILES string of the molecule is O=C1CCC([N+]2([O-])Cc3cc(N4CCC5(CCNCC5)CC4)ccc3C2=O)C(=O)N1. The summed E-state index contributed by atoms with van der Waals surface area (Å²) >= 11 is 0. The molecule has 0 aliphatic carbocycles. The summed E-state index contributed by atoms with van der Waals surface area (Å²) in [5, 5.41) is 19.1. The van der Waals surface area contributed by atoms with E-state index in [4.69, 9.17) is 0 Å². The lowest BCUT2D eigenvalue weighted by Gasteiger charge is -2.45. The lowest BCUT2D eigenvalue weighted by Crippen LogP contribution is -2.60. The summed E-state index contributed by atoms with van der Waals surface area (Å²) in [5.74, 6) is -1.59. The molecule has 0 radical (unpaired) electrons. The molecule has 4 heterocycles. The number of imide groups is 1. The van der Waals surface area contributed by atoms with E-state index >= 15 is 0 Å². The first-order valence-corrected chi connectivity index (χ1v) is 11.0. The highest BCUT2D eigenvalue weighted by atomic mass is 16.6. The third kappa shape index (κ3) is 3.14. The van der Waals surface area contributed by atoms with Gasteiger partial charge in [-0.25, -0.2) is 4.79 Å². The molecule has 3 saturated heterocycles. The van der Waals surface area contributed by atoms with Crippen molar-refractivity contribution in [3.8, 4) is 0 Å². The minimum absolute atomic E-state index is 0.0439. The van der Waals surface area contributed by atoms with Gasteiger partial charge in [-0.05, 0) is 62.4 Å². The van der Waals surface area contributed by atoms with Crippen LogP contribution >= 0.6 is 0 Å². The minimum Gasteiger partial charge on any atom is -0.624 e. The molecule has 160 valence electrons. The molecule has 4 aliphatic heterocycles. The summed E-state index contributed by atoms with van der Waals surface area (Å²) in [6.07, 6.45) is 5.02. The molecule has 0 saturated carbocycles. The Hall–Kier alpha value is -2.29. The summed E-state index contributed by atoms with van der Waals surface area (Å²) < 4.78 is -1.21. The molecule has 1 spiro atoms. The molecular weight excluding hydrogens is 384 g/mol. The summed E-state index contributed by atoms with van der Waals surface area (Å²) in [6, 6.07) is 4.57. The zero-order valence-corrected chi connectivity index (χ0v) is 17.1. The number of rotatable bonds is 2. The number of carbonyl (C=O) groups is 3. The Morgan fingerprint density at radius 3 is 2.50 bits per heavy atom. The van der Waals surface area contributed by atoms with Crippen LogP contribution in [0.3, 0.4) is 0 Å². The molecule has 3 fully saturated rings. The van der Waals surface area contributed by atoms with Crippen LogP contribution in [-0.4, -0.2) is 54.6 Å². The standard InChI is InChI=1S/C22H28N4O4/c27-19-4-3-18(20(28)24-19)26(30)14-15-13-16(1-2-17(15)21(26)29)25-11-7-22(8-12-25)5-9-23-10-6-22/h1-2,13,18,23H,3-12,14H2,(H,24,27,28). The number of carbonyl (C=O) groups excluding carboxylic acids is 3. The second-order valence-corrected chi connectivity index (χ2v) is 9.30. The van der Waals surface area contributed by atoms with Crippen molar-refractivity contribution in [2.75, 3.05) is 31.1 Å². The summed E-state index contributed by atoms with van der Waals surface area (Å²) in [6.45, 7) is 4.13. The van der Waals surface area contributed by atoms with Gasteiger partial charge >= 0.3 is 5.91 Å². The molecule has 0 aromatic heterocycles. The van der Waals surface area contributed by atoms with E-state index in [2.05, 4.69) is 15.5 Å². The van der Waals surface area contributed by atoms with Crippen molar-refractivity contribution in [3.63, 3.8) is 0 Å². The number of nitrogens with one attached hydrogen (secondary N) is 2. The Balaban J connectivity index is 1.33. The third-order valence-corrected chi connectivity index (χ3v) is 7.64. The molecule has 1 aromatic rings. The summed E-state index contributed by atoms with van der Waals surface area (Å²) in [4.78, 5) is 38.9. The second-order valence-electron chi connectivity index (χ2n) is 9.30. The second kappa shape index (κ2) is 7.14. The smallest absolute Gasteiger partial charge is 0.347 e. The van der Waals surface area contributed by atoms with Gasteiger partial charge in [0.25, 0.3) is 5.91 Å². The predicted octanol–water partition coefficient (Wildman–Crippen LogP) is 1.43. The van der Waals surface area contributed by atoms with E-state index in [1.54, 1.807) is 6.07 Å². The Labute approximate surface area is 175 Å². The van der Waals surface area contributed by atoms with Crippen molar-refractivity contribution in [1.82, 2.24) is 10.6 Å². The minimum atomic E-state index is -1.21. The molecule has 5 rings (SSSR count). The fourth-order valence-electron chi connectivity index (χ4n) is 5.67. The number of quaternary nitrogens is 1. The van der Waals surface area contributed by atoms with Crippen molar-refractivity contribution in [3.05, 3.63) is 34.5 Å². The average Bonchev–Trinajstić information content (AvgIpc) is 2.99. The number of fused-ring (bicyclic) bond motifs is 1. The molecule has 2 N–H and O–H groups in total. The summed E-state index contributed by atoms with van der Waals surface area (Å²) in [7, 11) is 0. The van der Waals surface area contributed by atoms with Crippen LogP contribution in [0.4, 0.5) is 5.69 Å². The normalized spacial score (nSPS) is 31.0. The zero-order valence-electron chi connectivity index (χ0n) is 17.1. The van der Waals surface area contributed by atoms with E-state index in [-0.39, 0.29) is 25.3 Å². The van der Waals surface area contributed by atoms with Gasteiger partial charge in [0.15, 0.2) is 6.04 Å². The van der Waals surface area contributed by atoms with Gasteiger partial charge in [0.1, 0.15) is 6.54 Å². The first-order valence-electron chi connectivity index (χ1n) is 11.0. The maximum atomic E-state index is 13.4. The number of anilines is 1. The fourth-order valence-corrected chi connectivity index (χ4v) is 5.67. The van der Waals surface area contributed by atoms with E-state index in [1.165, 1.54) is 25.7 Å². The molecule has 8 nitrogen and oxygen atoms in total. The topological polar surface area (TPSA) is 102 Å².